The van der Waals surface area contributed by atoms with E-state index in [9.17, 15) is 19.1 Å². The third kappa shape index (κ3) is 5.84. The molecular weight excluding hydrogens is 285 g/mol. The maximum atomic E-state index is 13.2. The lowest BCUT2D eigenvalue weighted by molar-refractivity contribution is -0.142. The number of hydrogen-bond donors (Lipinski definition) is 2. The molecule has 0 fully saturated rings. The zero-order valence-electron chi connectivity index (χ0n) is 13.5. The van der Waals surface area contributed by atoms with Gasteiger partial charge in [0.15, 0.2) is 0 Å². The molecule has 0 spiro atoms. The van der Waals surface area contributed by atoms with Crippen LogP contribution in [0, 0.1) is 11.2 Å². The second-order valence-corrected chi connectivity index (χ2v) is 6.78. The van der Waals surface area contributed by atoms with Crippen LogP contribution in [0.4, 0.5) is 4.39 Å². The summed E-state index contributed by atoms with van der Waals surface area (Å²) in [7, 11) is 0. The van der Waals surface area contributed by atoms with E-state index < -0.39 is 29.7 Å². The molecule has 0 aliphatic carbocycles. The molecular formula is C17H24FNO3. The highest BCUT2D eigenvalue weighted by Crippen LogP contribution is 2.22. The van der Waals surface area contributed by atoms with Crippen molar-refractivity contribution in [2.75, 3.05) is 0 Å². The lowest BCUT2D eigenvalue weighted by atomic mass is 9.88. The largest absolute Gasteiger partial charge is 0.480 e. The van der Waals surface area contributed by atoms with Gasteiger partial charge in [-0.25, -0.2) is 9.18 Å². The molecule has 2 N–H and O–H groups in total. The zero-order valence-corrected chi connectivity index (χ0v) is 13.5. The van der Waals surface area contributed by atoms with Gasteiger partial charge in [0.25, 0.3) is 0 Å². The Balaban J connectivity index is 2.72. The maximum absolute atomic E-state index is 13.2. The number of halogens is 1. The first-order valence-electron chi connectivity index (χ1n) is 7.39. The lowest BCUT2D eigenvalue weighted by Gasteiger charge is -2.23. The third-order valence-corrected chi connectivity index (χ3v) is 3.54. The van der Waals surface area contributed by atoms with Crippen molar-refractivity contribution in [2.24, 2.45) is 5.41 Å². The van der Waals surface area contributed by atoms with Gasteiger partial charge in [-0.1, -0.05) is 32.9 Å². The van der Waals surface area contributed by atoms with Crippen LogP contribution >= 0.6 is 0 Å². The van der Waals surface area contributed by atoms with Gasteiger partial charge in [-0.2, -0.15) is 0 Å². The monoisotopic (exact) mass is 309 g/mol. The molecule has 0 bridgehead atoms. The normalized spacial score (nSPS) is 14.2. The van der Waals surface area contributed by atoms with E-state index in [1.54, 1.807) is 13.0 Å². The second kappa shape index (κ2) is 7.38. The fourth-order valence-electron chi connectivity index (χ4n) is 2.06. The number of benzene rings is 1. The van der Waals surface area contributed by atoms with Crippen LogP contribution in [0.5, 0.6) is 0 Å². The summed E-state index contributed by atoms with van der Waals surface area (Å²) >= 11 is 0. The molecule has 0 heterocycles. The van der Waals surface area contributed by atoms with E-state index in [0.717, 1.165) is 0 Å². The van der Waals surface area contributed by atoms with Crippen molar-refractivity contribution >= 4 is 11.9 Å². The highest BCUT2D eigenvalue weighted by molar-refractivity contribution is 5.87. The fourth-order valence-corrected chi connectivity index (χ4v) is 2.06. The van der Waals surface area contributed by atoms with Crippen LogP contribution in [-0.4, -0.2) is 23.0 Å². The number of carboxylic acid groups (broad SMARTS) is 1. The minimum Gasteiger partial charge on any atom is -0.480 e. The van der Waals surface area contributed by atoms with Crippen molar-refractivity contribution in [1.29, 1.82) is 0 Å². The number of rotatable bonds is 6. The van der Waals surface area contributed by atoms with Crippen molar-refractivity contribution in [3.63, 3.8) is 0 Å². The first-order chi connectivity index (χ1) is 10.1. The molecule has 1 rings (SSSR count). The summed E-state index contributed by atoms with van der Waals surface area (Å²) in [6, 6.07) is 4.84. The minimum absolute atomic E-state index is 0.00734. The number of aliphatic carboxylic acids is 1. The third-order valence-electron chi connectivity index (χ3n) is 3.54. The lowest BCUT2D eigenvalue weighted by Crippen LogP contribution is -2.43. The smallest absolute Gasteiger partial charge is 0.326 e. The van der Waals surface area contributed by atoms with Crippen LogP contribution in [0.1, 0.15) is 52.0 Å². The number of amides is 1. The average molecular weight is 309 g/mol. The van der Waals surface area contributed by atoms with Gasteiger partial charge >= 0.3 is 5.97 Å². The summed E-state index contributed by atoms with van der Waals surface area (Å²) in [4.78, 5) is 23.5. The number of hydrogen-bond acceptors (Lipinski definition) is 2. The Kier molecular flexibility index (Phi) is 6.09. The van der Waals surface area contributed by atoms with Gasteiger partial charge in [-0.3, -0.25) is 4.79 Å². The van der Waals surface area contributed by atoms with Gasteiger partial charge in [-0.15, -0.1) is 0 Å². The Labute approximate surface area is 130 Å². The van der Waals surface area contributed by atoms with E-state index in [2.05, 4.69) is 5.32 Å². The van der Waals surface area contributed by atoms with E-state index in [4.69, 9.17) is 0 Å². The molecule has 2 atom stereocenters. The summed E-state index contributed by atoms with van der Waals surface area (Å²) < 4.78 is 13.2. The fraction of sp³-hybridized carbons (Fsp3) is 0.529. The standard InChI is InChI=1S/C17H24FNO3/c1-11(12-6-5-7-13(18)10-12)15(20)19-14(16(21)22)8-9-17(2,3)4/h5-7,10-11,14H,8-9H2,1-4H3,(H,19,20)(H,21,22). The van der Waals surface area contributed by atoms with E-state index in [1.807, 2.05) is 20.8 Å². The molecule has 1 aromatic rings. The molecule has 1 aromatic carbocycles. The van der Waals surface area contributed by atoms with Crippen molar-refractivity contribution in [2.45, 2.75) is 52.5 Å². The molecule has 0 aliphatic rings. The van der Waals surface area contributed by atoms with Crippen molar-refractivity contribution in [3.05, 3.63) is 35.6 Å². The Bertz CT molecular complexity index is 537. The molecule has 0 saturated heterocycles. The van der Waals surface area contributed by atoms with E-state index in [1.165, 1.54) is 18.2 Å². The molecule has 22 heavy (non-hydrogen) atoms. The molecule has 0 aromatic heterocycles. The van der Waals surface area contributed by atoms with Crippen LogP contribution in [0.25, 0.3) is 0 Å². The van der Waals surface area contributed by atoms with Gasteiger partial charge < -0.3 is 10.4 Å². The Morgan fingerprint density at radius 3 is 2.45 bits per heavy atom. The second-order valence-electron chi connectivity index (χ2n) is 6.78. The van der Waals surface area contributed by atoms with Gasteiger partial charge in [0.2, 0.25) is 5.91 Å². The summed E-state index contributed by atoms with van der Waals surface area (Å²) in [5, 5.41) is 11.8. The van der Waals surface area contributed by atoms with Gasteiger partial charge in [0, 0.05) is 0 Å². The number of carboxylic acids is 1. The van der Waals surface area contributed by atoms with Crippen LogP contribution in [0.2, 0.25) is 0 Å². The Hall–Kier alpha value is -1.91. The van der Waals surface area contributed by atoms with Crippen LogP contribution in [0.3, 0.4) is 0 Å². The van der Waals surface area contributed by atoms with E-state index in [0.29, 0.717) is 18.4 Å². The SMILES string of the molecule is CC(C(=O)NC(CCC(C)(C)C)C(=O)O)c1cccc(F)c1. The molecule has 0 aliphatic heterocycles. The topological polar surface area (TPSA) is 66.4 Å². The van der Waals surface area contributed by atoms with Crippen molar-refractivity contribution in [1.82, 2.24) is 5.32 Å². The minimum atomic E-state index is -1.05. The highest BCUT2D eigenvalue weighted by Gasteiger charge is 2.25. The molecule has 5 heteroatoms. The molecule has 2 unspecified atom stereocenters. The molecule has 122 valence electrons. The average Bonchev–Trinajstić information content (AvgIpc) is 2.40. The first kappa shape index (κ1) is 18.1. The van der Waals surface area contributed by atoms with Crippen LogP contribution in [-0.2, 0) is 9.59 Å². The zero-order chi connectivity index (χ0) is 16.9. The summed E-state index contributed by atoms with van der Waals surface area (Å²) in [5.74, 6) is -2.48. The maximum Gasteiger partial charge on any atom is 0.326 e. The van der Waals surface area contributed by atoms with Gasteiger partial charge in [-0.05, 0) is 42.9 Å². The van der Waals surface area contributed by atoms with Crippen molar-refractivity contribution < 1.29 is 19.1 Å². The Morgan fingerprint density at radius 1 is 1.32 bits per heavy atom. The molecule has 4 nitrogen and oxygen atoms in total. The molecule has 1 amide bonds. The summed E-state index contributed by atoms with van der Waals surface area (Å²) in [5.41, 5.74) is 0.518. The predicted molar refractivity (Wildman–Crippen MR) is 83.1 cm³/mol. The molecule has 0 saturated carbocycles. The first-order valence-corrected chi connectivity index (χ1v) is 7.39. The van der Waals surface area contributed by atoms with Gasteiger partial charge in [0.05, 0.1) is 5.92 Å². The highest BCUT2D eigenvalue weighted by atomic mass is 19.1. The predicted octanol–water partition coefficient (Wildman–Crippen LogP) is 3.32. The van der Waals surface area contributed by atoms with Crippen molar-refractivity contribution in [3.8, 4) is 0 Å². The van der Waals surface area contributed by atoms with E-state index in [-0.39, 0.29) is 5.41 Å². The molecule has 0 radical (unpaired) electrons. The number of carbonyl (C=O) groups excluding carboxylic acids is 1. The van der Waals surface area contributed by atoms with Crippen LogP contribution in [0.15, 0.2) is 24.3 Å². The van der Waals surface area contributed by atoms with E-state index >= 15 is 0 Å². The quantitative estimate of drug-likeness (QED) is 0.847. The Morgan fingerprint density at radius 2 is 1.95 bits per heavy atom. The summed E-state index contributed by atoms with van der Waals surface area (Å²) in [6.07, 6.45) is 1.04. The number of nitrogens with one attached hydrogen (secondary N) is 1. The number of carbonyl (C=O) groups is 2. The van der Waals surface area contributed by atoms with Crippen LogP contribution < -0.4 is 5.32 Å². The van der Waals surface area contributed by atoms with Gasteiger partial charge in [0.1, 0.15) is 11.9 Å². The summed E-state index contributed by atoms with van der Waals surface area (Å²) in [6.45, 7) is 7.68.